The predicted octanol–water partition coefficient (Wildman–Crippen LogP) is 1.33. The second-order valence-electron chi connectivity index (χ2n) is 3.52. The average molecular weight is 187 g/mol. The van der Waals surface area contributed by atoms with E-state index in [-0.39, 0.29) is 0 Å². The van der Waals surface area contributed by atoms with E-state index < -0.39 is 0 Å². The molecule has 0 unspecified atom stereocenters. The average Bonchev–Trinajstić information content (AvgIpc) is 2.72. The van der Waals surface area contributed by atoms with E-state index >= 15 is 0 Å². The third-order valence-electron chi connectivity index (χ3n) is 2.45. The van der Waals surface area contributed by atoms with Gasteiger partial charge in [0.25, 0.3) is 0 Å². The first kappa shape index (κ1) is 9.04. The Morgan fingerprint density at radius 1 is 1.36 bits per heavy atom. The van der Waals surface area contributed by atoms with Crippen molar-refractivity contribution in [2.75, 3.05) is 18.4 Å². The Labute approximate surface area is 83.7 Å². The minimum Gasteiger partial charge on any atom is -0.381 e. The van der Waals surface area contributed by atoms with E-state index in [0.717, 1.165) is 18.8 Å². The first-order valence-electron chi connectivity index (χ1n) is 4.86. The van der Waals surface area contributed by atoms with Gasteiger partial charge in [-0.05, 0) is 37.2 Å². The van der Waals surface area contributed by atoms with Gasteiger partial charge in [0.2, 0.25) is 0 Å². The SMILES string of the molecule is N#Cc1ccc(N[C@H]2CCNC2)cc1. The summed E-state index contributed by atoms with van der Waals surface area (Å²) in [5.74, 6) is 0. The first-order valence-corrected chi connectivity index (χ1v) is 4.86. The maximum absolute atomic E-state index is 8.63. The van der Waals surface area contributed by atoms with Crippen molar-refractivity contribution < 1.29 is 0 Å². The molecule has 0 amide bonds. The number of nitriles is 1. The van der Waals surface area contributed by atoms with Gasteiger partial charge in [0.1, 0.15) is 0 Å². The monoisotopic (exact) mass is 187 g/mol. The summed E-state index contributed by atoms with van der Waals surface area (Å²) in [5, 5.41) is 15.4. The van der Waals surface area contributed by atoms with Gasteiger partial charge >= 0.3 is 0 Å². The van der Waals surface area contributed by atoms with Crippen LogP contribution >= 0.6 is 0 Å². The van der Waals surface area contributed by atoms with Crippen LogP contribution in [0.25, 0.3) is 0 Å². The smallest absolute Gasteiger partial charge is 0.0991 e. The Kier molecular flexibility index (Phi) is 2.66. The van der Waals surface area contributed by atoms with Crippen LogP contribution in [0.15, 0.2) is 24.3 Å². The lowest BCUT2D eigenvalue weighted by molar-refractivity contribution is 0.793. The van der Waals surface area contributed by atoms with Gasteiger partial charge in [0, 0.05) is 18.3 Å². The molecule has 3 nitrogen and oxygen atoms in total. The Morgan fingerprint density at radius 3 is 2.71 bits per heavy atom. The van der Waals surface area contributed by atoms with Crippen molar-refractivity contribution in [3.05, 3.63) is 29.8 Å². The van der Waals surface area contributed by atoms with Gasteiger partial charge in [0.15, 0.2) is 0 Å². The number of hydrogen-bond donors (Lipinski definition) is 2. The number of anilines is 1. The highest BCUT2D eigenvalue weighted by Crippen LogP contribution is 2.12. The summed E-state index contributed by atoms with van der Waals surface area (Å²) in [6, 6.07) is 10.2. The highest BCUT2D eigenvalue weighted by atomic mass is 15.0. The minimum absolute atomic E-state index is 0.530. The summed E-state index contributed by atoms with van der Waals surface area (Å²) < 4.78 is 0. The molecule has 1 heterocycles. The standard InChI is InChI=1S/C11H13N3/c12-7-9-1-3-10(4-2-9)14-11-5-6-13-8-11/h1-4,11,13-14H,5-6,8H2/t11-/m0/s1. The summed E-state index contributed by atoms with van der Waals surface area (Å²) in [6.07, 6.45) is 1.17. The summed E-state index contributed by atoms with van der Waals surface area (Å²) in [7, 11) is 0. The number of nitrogens with zero attached hydrogens (tertiary/aromatic N) is 1. The molecule has 1 aromatic rings. The van der Waals surface area contributed by atoms with E-state index in [4.69, 9.17) is 5.26 Å². The number of nitrogens with one attached hydrogen (secondary N) is 2. The largest absolute Gasteiger partial charge is 0.381 e. The first-order chi connectivity index (χ1) is 6.88. The second-order valence-corrected chi connectivity index (χ2v) is 3.52. The van der Waals surface area contributed by atoms with Gasteiger partial charge in [-0.3, -0.25) is 0 Å². The number of benzene rings is 1. The molecule has 0 aromatic heterocycles. The third-order valence-corrected chi connectivity index (χ3v) is 2.45. The van der Waals surface area contributed by atoms with Gasteiger partial charge in [-0.1, -0.05) is 0 Å². The molecule has 2 N–H and O–H groups in total. The Hall–Kier alpha value is -1.53. The van der Waals surface area contributed by atoms with Crippen LogP contribution in [0.1, 0.15) is 12.0 Å². The number of rotatable bonds is 2. The van der Waals surface area contributed by atoms with Gasteiger partial charge < -0.3 is 10.6 Å². The zero-order chi connectivity index (χ0) is 9.80. The molecule has 1 saturated heterocycles. The second kappa shape index (κ2) is 4.12. The highest BCUT2D eigenvalue weighted by Gasteiger charge is 2.13. The zero-order valence-corrected chi connectivity index (χ0v) is 7.96. The van der Waals surface area contributed by atoms with Crippen LogP contribution in [0.4, 0.5) is 5.69 Å². The minimum atomic E-state index is 0.530. The quantitative estimate of drug-likeness (QED) is 0.734. The van der Waals surface area contributed by atoms with Crippen LogP contribution in [0.5, 0.6) is 0 Å². The molecule has 1 atom stereocenters. The fourth-order valence-corrected chi connectivity index (χ4v) is 1.65. The van der Waals surface area contributed by atoms with Crippen LogP contribution in [-0.2, 0) is 0 Å². The lowest BCUT2D eigenvalue weighted by atomic mass is 10.2. The molecule has 0 saturated carbocycles. The molecule has 1 aliphatic heterocycles. The van der Waals surface area contributed by atoms with Gasteiger partial charge in [-0.15, -0.1) is 0 Å². The number of hydrogen-bond acceptors (Lipinski definition) is 3. The summed E-state index contributed by atoms with van der Waals surface area (Å²) in [4.78, 5) is 0. The lowest BCUT2D eigenvalue weighted by Crippen LogP contribution is -2.21. The van der Waals surface area contributed by atoms with Crippen LogP contribution in [0.3, 0.4) is 0 Å². The van der Waals surface area contributed by atoms with Crippen molar-refractivity contribution in [1.29, 1.82) is 5.26 Å². The third kappa shape index (κ3) is 2.04. The van der Waals surface area contributed by atoms with Crippen LogP contribution < -0.4 is 10.6 Å². The van der Waals surface area contributed by atoms with Crippen molar-refractivity contribution in [3.63, 3.8) is 0 Å². The topological polar surface area (TPSA) is 47.9 Å². The maximum Gasteiger partial charge on any atom is 0.0991 e. The Bertz CT molecular complexity index is 331. The molecule has 2 rings (SSSR count). The molecular weight excluding hydrogens is 174 g/mol. The molecule has 14 heavy (non-hydrogen) atoms. The molecule has 0 bridgehead atoms. The lowest BCUT2D eigenvalue weighted by Gasteiger charge is -2.12. The van der Waals surface area contributed by atoms with Gasteiger partial charge in [-0.2, -0.15) is 5.26 Å². The van der Waals surface area contributed by atoms with Crippen LogP contribution in [0, 0.1) is 11.3 Å². The maximum atomic E-state index is 8.63. The van der Waals surface area contributed by atoms with Crippen LogP contribution in [0.2, 0.25) is 0 Å². The fraction of sp³-hybridized carbons (Fsp3) is 0.364. The Balaban J connectivity index is 1.99. The summed E-state index contributed by atoms with van der Waals surface area (Å²) in [5.41, 5.74) is 1.80. The van der Waals surface area contributed by atoms with Gasteiger partial charge in [0.05, 0.1) is 11.6 Å². The van der Waals surface area contributed by atoms with Crippen molar-refractivity contribution in [2.45, 2.75) is 12.5 Å². The summed E-state index contributed by atoms with van der Waals surface area (Å²) >= 11 is 0. The van der Waals surface area contributed by atoms with Crippen molar-refractivity contribution in [1.82, 2.24) is 5.32 Å². The van der Waals surface area contributed by atoms with Crippen molar-refractivity contribution >= 4 is 5.69 Å². The molecule has 72 valence electrons. The molecule has 1 fully saturated rings. The van der Waals surface area contributed by atoms with Gasteiger partial charge in [-0.25, -0.2) is 0 Å². The van der Waals surface area contributed by atoms with Crippen molar-refractivity contribution in [2.24, 2.45) is 0 Å². The predicted molar refractivity (Wildman–Crippen MR) is 56.1 cm³/mol. The molecule has 1 aromatic carbocycles. The van der Waals surface area contributed by atoms with E-state index in [2.05, 4.69) is 16.7 Å². The molecule has 1 aliphatic rings. The molecule has 3 heteroatoms. The fourth-order valence-electron chi connectivity index (χ4n) is 1.65. The van der Waals surface area contributed by atoms with E-state index in [1.165, 1.54) is 6.42 Å². The van der Waals surface area contributed by atoms with Crippen molar-refractivity contribution in [3.8, 4) is 6.07 Å². The van der Waals surface area contributed by atoms with E-state index in [0.29, 0.717) is 11.6 Å². The molecular formula is C11H13N3. The highest BCUT2D eigenvalue weighted by molar-refractivity contribution is 5.48. The Morgan fingerprint density at radius 2 is 2.14 bits per heavy atom. The molecule has 0 aliphatic carbocycles. The van der Waals surface area contributed by atoms with Crippen LogP contribution in [-0.4, -0.2) is 19.1 Å². The van der Waals surface area contributed by atoms with E-state index in [1.54, 1.807) is 0 Å². The summed E-state index contributed by atoms with van der Waals surface area (Å²) in [6.45, 7) is 2.12. The van der Waals surface area contributed by atoms with E-state index in [9.17, 15) is 0 Å². The molecule has 0 spiro atoms. The molecule has 0 radical (unpaired) electrons. The normalized spacial score (nSPS) is 20.4. The van der Waals surface area contributed by atoms with E-state index in [1.807, 2.05) is 24.3 Å². The zero-order valence-electron chi connectivity index (χ0n) is 7.96.